The normalized spacial score (nSPS) is 19.8. The van der Waals surface area contributed by atoms with Crippen LogP contribution in [-0.4, -0.2) is 61.1 Å². The van der Waals surface area contributed by atoms with E-state index in [9.17, 15) is 0 Å². The number of hydrogen-bond acceptors (Lipinski definition) is 6. The van der Waals surface area contributed by atoms with Crippen molar-refractivity contribution in [3.8, 4) is 11.5 Å². The average molecular weight is 666 g/mol. The van der Waals surface area contributed by atoms with Gasteiger partial charge in [-0.25, -0.2) is 0 Å². The highest BCUT2D eigenvalue weighted by Crippen LogP contribution is 2.38. The summed E-state index contributed by atoms with van der Waals surface area (Å²) < 4.78 is 36.1. The molecule has 2 saturated heterocycles. The predicted octanol–water partition coefficient (Wildman–Crippen LogP) is 6.76. The molecule has 10 heteroatoms. The molecule has 2 aliphatic heterocycles. The molecule has 0 unspecified atom stereocenters. The highest BCUT2D eigenvalue weighted by atomic mass is 79.9. The molecule has 2 aromatic carbocycles. The summed E-state index contributed by atoms with van der Waals surface area (Å²) in [5, 5.41) is 0.947. The van der Waals surface area contributed by atoms with Gasteiger partial charge in [0.05, 0.1) is 35.6 Å². The number of alkyl halides is 2. The molecular formula is C32H48B2BrClO6. The Labute approximate surface area is 267 Å². The summed E-state index contributed by atoms with van der Waals surface area (Å²) in [5.74, 6) is 2.38. The molecule has 0 radical (unpaired) electrons. The Balaban J connectivity index is 0.000000230. The minimum absolute atomic E-state index is 0.322. The van der Waals surface area contributed by atoms with E-state index in [1.165, 1.54) is 0 Å². The van der Waals surface area contributed by atoms with Crippen LogP contribution in [0.2, 0.25) is 0 Å². The molecule has 2 heterocycles. The van der Waals surface area contributed by atoms with Crippen molar-refractivity contribution in [3.63, 3.8) is 0 Å². The molecule has 0 amide bonds. The molecule has 0 N–H and O–H groups in total. The van der Waals surface area contributed by atoms with Gasteiger partial charge in [0, 0.05) is 11.2 Å². The van der Waals surface area contributed by atoms with E-state index in [1.807, 2.05) is 37.3 Å². The van der Waals surface area contributed by atoms with E-state index < -0.39 is 0 Å². The fourth-order valence-corrected chi connectivity index (χ4v) is 4.84. The van der Waals surface area contributed by atoms with Gasteiger partial charge in [-0.05, 0) is 116 Å². The Bertz CT molecular complexity index is 1070. The quantitative estimate of drug-likeness (QED) is 0.159. The monoisotopic (exact) mass is 664 g/mol. The van der Waals surface area contributed by atoms with Gasteiger partial charge in [-0.1, -0.05) is 40.2 Å². The van der Waals surface area contributed by atoms with E-state index in [4.69, 9.17) is 39.7 Å². The first-order chi connectivity index (χ1) is 19.6. The van der Waals surface area contributed by atoms with Crippen molar-refractivity contribution in [3.05, 3.63) is 47.5 Å². The lowest BCUT2D eigenvalue weighted by molar-refractivity contribution is 0.00578. The van der Waals surface area contributed by atoms with Crippen molar-refractivity contribution in [1.29, 1.82) is 0 Å². The van der Waals surface area contributed by atoms with Crippen LogP contribution in [0.1, 0.15) is 79.4 Å². The van der Waals surface area contributed by atoms with Gasteiger partial charge in [0.2, 0.25) is 0 Å². The van der Waals surface area contributed by atoms with Gasteiger partial charge in [-0.3, -0.25) is 0 Å². The van der Waals surface area contributed by atoms with Crippen LogP contribution < -0.4 is 20.4 Å². The maximum atomic E-state index is 6.13. The number of ether oxygens (including phenoxy) is 2. The number of hydrogen-bond donors (Lipinski definition) is 0. The van der Waals surface area contributed by atoms with Crippen LogP contribution in [0.4, 0.5) is 0 Å². The van der Waals surface area contributed by atoms with Crippen molar-refractivity contribution >= 4 is 52.7 Å². The van der Waals surface area contributed by atoms with Crippen molar-refractivity contribution in [2.75, 3.05) is 24.4 Å². The van der Waals surface area contributed by atoms with Gasteiger partial charge in [0.25, 0.3) is 0 Å². The first-order valence-corrected chi connectivity index (χ1v) is 16.5. The molecule has 4 rings (SSSR count). The van der Waals surface area contributed by atoms with E-state index in [0.717, 1.165) is 51.7 Å². The van der Waals surface area contributed by atoms with E-state index in [0.29, 0.717) is 19.1 Å². The molecule has 42 heavy (non-hydrogen) atoms. The Morgan fingerprint density at radius 1 is 0.643 bits per heavy atom. The largest absolute Gasteiger partial charge is 0.495 e. The molecule has 2 fully saturated rings. The molecule has 2 aromatic rings. The Morgan fingerprint density at radius 2 is 1.00 bits per heavy atom. The van der Waals surface area contributed by atoms with Crippen LogP contribution in [0, 0.1) is 13.8 Å². The van der Waals surface area contributed by atoms with Crippen molar-refractivity contribution in [1.82, 2.24) is 0 Å². The number of benzene rings is 2. The summed E-state index contributed by atoms with van der Waals surface area (Å²) in [7, 11) is -0.693. The van der Waals surface area contributed by atoms with Gasteiger partial charge >= 0.3 is 14.2 Å². The molecule has 0 aromatic heterocycles. The Kier molecular flexibility index (Phi) is 12.0. The summed E-state index contributed by atoms with van der Waals surface area (Å²) in [6, 6.07) is 12.0. The van der Waals surface area contributed by atoms with Crippen LogP contribution in [0.15, 0.2) is 36.4 Å². The molecule has 232 valence electrons. The van der Waals surface area contributed by atoms with Crippen LogP contribution in [0.25, 0.3) is 0 Å². The molecular weight excluding hydrogens is 617 g/mol. The second kappa shape index (κ2) is 14.3. The highest BCUT2D eigenvalue weighted by molar-refractivity contribution is 9.09. The first kappa shape index (κ1) is 35.3. The summed E-state index contributed by atoms with van der Waals surface area (Å²) in [6.45, 7) is 21.9. The fourth-order valence-electron chi connectivity index (χ4n) is 4.50. The van der Waals surface area contributed by atoms with Crippen molar-refractivity contribution in [2.45, 2.75) is 104 Å². The molecule has 0 atom stereocenters. The lowest BCUT2D eigenvalue weighted by atomic mass is 9.76. The fraction of sp³-hybridized carbons (Fsp3) is 0.625. The van der Waals surface area contributed by atoms with Gasteiger partial charge < -0.3 is 28.1 Å². The lowest BCUT2D eigenvalue weighted by Crippen LogP contribution is -2.41. The molecule has 0 bridgehead atoms. The predicted molar refractivity (Wildman–Crippen MR) is 179 cm³/mol. The second-order valence-electron chi connectivity index (χ2n) is 12.9. The molecule has 0 spiro atoms. The summed E-state index contributed by atoms with van der Waals surface area (Å²) >= 11 is 9.10. The minimum atomic E-state index is -0.355. The lowest BCUT2D eigenvalue weighted by Gasteiger charge is -2.32. The van der Waals surface area contributed by atoms with E-state index >= 15 is 0 Å². The van der Waals surface area contributed by atoms with Crippen molar-refractivity contribution < 1.29 is 28.1 Å². The first-order valence-electron chi connectivity index (χ1n) is 14.8. The number of rotatable bonds is 10. The zero-order valence-electron chi connectivity index (χ0n) is 27.1. The Hall–Kier alpha value is -1.22. The van der Waals surface area contributed by atoms with E-state index in [1.54, 1.807) is 0 Å². The second-order valence-corrected chi connectivity index (χ2v) is 14.1. The van der Waals surface area contributed by atoms with Gasteiger partial charge in [0.15, 0.2) is 0 Å². The van der Waals surface area contributed by atoms with E-state index in [-0.39, 0.29) is 36.6 Å². The topological polar surface area (TPSA) is 55.4 Å². The van der Waals surface area contributed by atoms with Gasteiger partial charge in [0.1, 0.15) is 11.5 Å². The summed E-state index contributed by atoms with van der Waals surface area (Å²) in [6.07, 6.45) is 1.82. The molecule has 0 saturated carbocycles. The third-order valence-electron chi connectivity index (χ3n) is 8.74. The van der Waals surface area contributed by atoms with Crippen LogP contribution in [0.5, 0.6) is 11.5 Å². The highest BCUT2D eigenvalue weighted by Gasteiger charge is 2.53. The minimum Gasteiger partial charge on any atom is -0.493 e. The standard InChI is InChI=1S/C16H24BBrO3.C16H24BClO3/c2*1-12-13(8-6-9-14(12)19-11-7-10-18)17-20-15(2,3)16(4,5)21-17/h2*6,8-9H,7,10-11H2,1-5H3. The molecule has 2 aliphatic rings. The summed E-state index contributed by atoms with van der Waals surface area (Å²) in [4.78, 5) is 0. The van der Waals surface area contributed by atoms with E-state index in [2.05, 4.69) is 84.3 Å². The Morgan fingerprint density at radius 3 is 1.33 bits per heavy atom. The van der Waals surface area contributed by atoms with Crippen LogP contribution in [-0.2, 0) is 18.6 Å². The number of halogens is 2. The average Bonchev–Trinajstić information content (AvgIpc) is 3.25. The van der Waals surface area contributed by atoms with Gasteiger partial charge in [-0.2, -0.15) is 0 Å². The molecule has 6 nitrogen and oxygen atoms in total. The van der Waals surface area contributed by atoms with Gasteiger partial charge in [-0.15, -0.1) is 11.6 Å². The zero-order valence-corrected chi connectivity index (χ0v) is 29.4. The molecule has 0 aliphatic carbocycles. The third-order valence-corrected chi connectivity index (χ3v) is 9.57. The third kappa shape index (κ3) is 8.08. The van der Waals surface area contributed by atoms with Crippen LogP contribution in [0.3, 0.4) is 0 Å². The van der Waals surface area contributed by atoms with Crippen molar-refractivity contribution in [2.24, 2.45) is 0 Å². The SMILES string of the molecule is Cc1c(OCCCBr)cccc1B1OC(C)(C)C(C)(C)O1.Cc1c(OCCCCl)cccc1B1OC(C)(C)C(C)(C)O1. The van der Waals surface area contributed by atoms with Crippen LogP contribution >= 0.6 is 27.5 Å². The maximum Gasteiger partial charge on any atom is 0.495 e. The summed E-state index contributed by atoms with van der Waals surface area (Å²) in [5.41, 5.74) is 2.91. The maximum absolute atomic E-state index is 6.13. The zero-order chi connectivity index (χ0) is 31.3. The smallest absolute Gasteiger partial charge is 0.493 e.